The second-order valence-corrected chi connectivity index (χ2v) is 5.81. The van der Waals surface area contributed by atoms with Crippen LogP contribution in [-0.2, 0) is 16.4 Å². The van der Waals surface area contributed by atoms with E-state index in [9.17, 15) is 8.42 Å². The Morgan fingerprint density at radius 3 is 2.79 bits per heavy atom. The Kier molecular flexibility index (Phi) is 2.44. The van der Waals surface area contributed by atoms with Gasteiger partial charge in [-0.15, -0.1) is 0 Å². The Balaban J connectivity index is 2.72. The Labute approximate surface area is 95.6 Å². The van der Waals surface area contributed by atoms with Gasteiger partial charge in [0.1, 0.15) is 10.6 Å². The number of sulfonamides is 1. The Morgan fingerprint density at radius 2 is 2.14 bits per heavy atom. The van der Waals surface area contributed by atoms with Gasteiger partial charge in [-0.1, -0.05) is 0 Å². The Bertz CT molecular complexity index is 484. The second kappa shape index (κ2) is 3.35. The molecule has 1 aromatic carbocycles. The van der Waals surface area contributed by atoms with Gasteiger partial charge in [0.25, 0.3) is 0 Å². The summed E-state index contributed by atoms with van der Waals surface area (Å²) in [5.41, 5.74) is 0.918. The van der Waals surface area contributed by atoms with Gasteiger partial charge in [-0.3, -0.25) is 0 Å². The normalized spacial score (nSPS) is 15.0. The van der Waals surface area contributed by atoms with Crippen LogP contribution in [-0.4, -0.2) is 15.0 Å². The summed E-state index contributed by atoms with van der Waals surface area (Å²) in [6, 6.07) is 3.44. The highest BCUT2D eigenvalue weighted by atomic mass is 127. The van der Waals surface area contributed by atoms with Crippen LogP contribution in [0, 0.1) is 3.57 Å². The minimum Gasteiger partial charge on any atom is -0.492 e. The summed E-state index contributed by atoms with van der Waals surface area (Å²) in [4.78, 5) is 0.0944. The number of rotatable bonds is 1. The molecule has 0 fully saturated rings. The molecule has 0 aromatic heterocycles. The van der Waals surface area contributed by atoms with Gasteiger partial charge in [0.2, 0.25) is 10.0 Å². The van der Waals surface area contributed by atoms with E-state index >= 15 is 0 Å². The molecule has 76 valence electrons. The molecule has 0 saturated heterocycles. The Morgan fingerprint density at radius 1 is 1.43 bits per heavy atom. The van der Waals surface area contributed by atoms with Gasteiger partial charge in [0, 0.05) is 9.99 Å². The maximum Gasteiger partial charge on any atom is 0.241 e. The fourth-order valence-electron chi connectivity index (χ4n) is 1.45. The van der Waals surface area contributed by atoms with Crippen LogP contribution < -0.4 is 9.88 Å². The predicted molar refractivity (Wildman–Crippen MR) is 59.7 cm³/mol. The van der Waals surface area contributed by atoms with Gasteiger partial charge in [-0.05, 0) is 40.3 Å². The molecule has 0 bridgehead atoms. The third-order valence-corrected chi connectivity index (χ3v) is 3.56. The smallest absolute Gasteiger partial charge is 0.241 e. The molecule has 2 N–H and O–H groups in total. The van der Waals surface area contributed by atoms with Crippen LogP contribution in [0.25, 0.3) is 0 Å². The van der Waals surface area contributed by atoms with Gasteiger partial charge < -0.3 is 4.74 Å². The van der Waals surface area contributed by atoms with Crippen molar-refractivity contribution in [2.24, 2.45) is 5.14 Å². The lowest BCUT2D eigenvalue weighted by Crippen LogP contribution is -2.13. The second-order valence-electron chi connectivity index (χ2n) is 3.04. The van der Waals surface area contributed by atoms with Crippen molar-refractivity contribution < 1.29 is 13.2 Å². The molecule has 2 rings (SSSR count). The zero-order valence-corrected chi connectivity index (χ0v) is 10.1. The van der Waals surface area contributed by atoms with Crippen molar-refractivity contribution in [1.29, 1.82) is 0 Å². The number of hydrogen-bond donors (Lipinski definition) is 1. The molecule has 0 unspecified atom stereocenters. The van der Waals surface area contributed by atoms with Crippen LogP contribution in [0.4, 0.5) is 0 Å². The van der Waals surface area contributed by atoms with Crippen LogP contribution in [0.1, 0.15) is 5.56 Å². The molecule has 1 aliphatic rings. The standard InChI is InChI=1S/C8H8INO3S/c9-6-3-5-1-2-13-8(5)7(4-6)14(10,11)12/h3-4H,1-2H2,(H2,10,11,12). The summed E-state index contributed by atoms with van der Waals surface area (Å²) < 4.78 is 28.6. The molecule has 0 amide bonds. The first-order valence-electron chi connectivity index (χ1n) is 3.96. The summed E-state index contributed by atoms with van der Waals surface area (Å²) in [6.07, 6.45) is 0.745. The first kappa shape index (κ1) is 10.2. The topological polar surface area (TPSA) is 69.4 Å². The highest BCUT2D eigenvalue weighted by Gasteiger charge is 2.23. The molecule has 0 radical (unpaired) electrons. The molecule has 14 heavy (non-hydrogen) atoms. The maximum atomic E-state index is 11.2. The van der Waals surface area contributed by atoms with Gasteiger partial charge in [0.15, 0.2) is 0 Å². The van der Waals surface area contributed by atoms with Gasteiger partial charge in [-0.2, -0.15) is 0 Å². The molecule has 1 aromatic rings. The van der Waals surface area contributed by atoms with E-state index in [0.717, 1.165) is 15.6 Å². The SMILES string of the molecule is NS(=O)(=O)c1cc(I)cc2c1OCC2. The summed E-state index contributed by atoms with van der Waals surface area (Å²) in [5, 5.41) is 5.09. The summed E-state index contributed by atoms with van der Waals surface area (Å²) in [7, 11) is -3.68. The van der Waals surface area contributed by atoms with E-state index in [-0.39, 0.29) is 4.90 Å². The van der Waals surface area contributed by atoms with E-state index in [1.165, 1.54) is 6.07 Å². The summed E-state index contributed by atoms with van der Waals surface area (Å²) >= 11 is 2.06. The third-order valence-electron chi connectivity index (χ3n) is 2.02. The van der Waals surface area contributed by atoms with Crippen molar-refractivity contribution in [2.75, 3.05) is 6.61 Å². The number of fused-ring (bicyclic) bond motifs is 1. The van der Waals surface area contributed by atoms with Crippen LogP contribution in [0.5, 0.6) is 5.75 Å². The van der Waals surface area contributed by atoms with Crippen LogP contribution in [0.15, 0.2) is 17.0 Å². The molecule has 0 saturated carbocycles. The van der Waals surface area contributed by atoms with Crippen molar-refractivity contribution in [2.45, 2.75) is 11.3 Å². The molecule has 6 heteroatoms. The number of hydrogen-bond acceptors (Lipinski definition) is 3. The number of ether oxygens (including phenoxy) is 1. The van der Waals surface area contributed by atoms with Crippen molar-refractivity contribution in [3.05, 3.63) is 21.3 Å². The number of nitrogens with two attached hydrogens (primary N) is 1. The quantitative estimate of drug-likeness (QED) is 0.779. The lowest BCUT2D eigenvalue weighted by Gasteiger charge is -2.06. The lowest BCUT2D eigenvalue weighted by molar-refractivity contribution is 0.348. The first-order chi connectivity index (χ1) is 6.48. The van der Waals surface area contributed by atoms with Gasteiger partial charge >= 0.3 is 0 Å². The monoisotopic (exact) mass is 325 g/mol. The summed E-state index contributed by atoms with van der Waals surface area (Å²) in [6.45, 7) is 0.526. The van der Waals surface area contributed by atoms with E-state index in [0.29, 0.717) is 12.4 Å². The van der Waals surface area contributed by atoms with E-state index in [1.807, 2.05) is 6.07 Å². The predicted octanol–water partition coefficient (Wildman–Crippen LogP) is 0.874. The zero-order valence-electron chi connectivity index (χ0n) is 7.16. The first-order valence-corrected chi connectivity index (χ1v) is 6.59. The molecule has 4 nitrogen and oxygen atoms in total. The molecular weight excluding hydrogens is 317 g/mol. The van der Waals surface area contributed by atoms with Crippen molar-refractivity contribution >= 4 is 32.6 Å². The minimum absolute atomic E-state index is 0.0944. The van der Waals surface area contributed by atoms with Crippen molar-refractivity contribution in [1.82, 2.24) is 0 Å². The largest absolute Gasteiger partial charge is 0.492 e. The zero-order chi connectivity index (χ0) is 10.3. The molecule has 1 aliphatic heterocycles. The Hall–Kier alpha value is -0.340. The van der Waals surface area contributed by atoms with E-state index in [1.54, 1.807) is 0 Å². The average molecular weight is 325 g/mol. The number of halogens is 1. The number of benzene rings is 1. The van der Waals surface area contributed by atoms with E-state index in [2.05, 4.69) is 22.6 Å². The van der Waals surface area contributed by atoms with Crippen LogP contribution >= 0.6 is 22.6 Å². The van der Waals surface area contributed by atoms with E-state index < -0.39 is 10.0 Å². The number of primary sulfonamides is 1. The molecule has 1 heterocycles. The highest BCUT2D eigenvalue weighted by Crippen LogP contribution is 2.33. The summed E-state index contributed by atoms with van der Waals surface area (Å²) in [5.74, 6) is 0.424. The molecule has 0 atom stereocenters. The van der Waals surface area contributed by atoms with Crippen molar-refractivity contribution in [3.63, 3.8) is 0 Å². The molecule has 0 spiro atoms. The van der Waals surface area contributed by atoms with Crippen molar-refractivity contribution in [3.8, 4) is 5.75 Å². The minimum atomic E-state index is -3.68. The van der Waals surface area contributed by atoms with E-state index in [4.69, 9.17) is 9.88 Å². The van der Waals surface area contributed by atoms with Gasteiger partial charge in [-0.25, -0.2) is 13.6 Å². The molecular formula is C8H8INO3S. The fraction of sp³-hybridized carbons (Fsp3) is 0.250. The van der Waals surface area contributed by atoms with Crippen LogP contribution in [0.2, 0.25) is 0 Å². The van der Waals surface area contributed by atoms with Crippen LogP contribution in [0.3, 0.4) is 0 Å². The fourth-order valence-corrected chi connectivity index (χ4v) is 3.08. The lowest BCUT2D eigenvalue weighted by atomic mass is 10.2. The molecule has 0 aliphatic carbocycles. The average Bonchev–Trinajstić information content (AvgIpc) is 2.47. The highest BCUT2D eigenvalue weighted by molar-refractivity contribution is 14.1. The maximum absolute atomic E-state index is 11.2. The third kappa shape index (κ3) is 1.73. The van der Waals surface area contributed by atoms with Gasteiger partial charge in [0.05, 0.1) is 6.61 Å².